The largest absolute Gasteiger partial charge is 0.496 e. The summed E-state index contributed by atoms with van der Waals surface area (Å²) in [6.07, 6.45) is 0.923. The zero-order chi connectivity index (χ0) is 13.7. The van der Waals surface area contributed by atoms with Crippen molar-refractivity contribution in [2.24, 2.45) is 5.73 Å². The van der Waals surface area contributed by atoms with Gasteiger partial charge in [0.25, 0.3) is 0 Å². The summed E-state index contributed by atoms with van der Waals surface area (Å²) < 4.78 is 5.48. The van der Waals surface area contributed by atoms with Crippen molar-refractivity contribution in [2.45, 2.75) is 25.9 Å². The van der Waals surface area contributed by atoms with Crippen LogP contribution in [0.3, 0.4) is 0 Å². The highest BCUT2D eigenvalue weighted by Crippen LogP contribution is 2.23. The van der Waals surface area contributed by atoms with Gasteiger partial charge in [-0.3, -0.25) is 4.90 Å². The maximum Gasteiger partial charge on any atom is 0.123 e. The Morgan fingerprint density at radius 2 is 2.11 bits per heavy atom. The molecule has 0 spiro atoms. The van der Waals surface area contributed by atoms with Crippen LogP contribution in [-0.2, 0) is 13.0 Å². The van der Waals surface area contributed by atoms with Gasteiger partial charge in [0.05, 0.1) is 7.11 Å². The van der Waals surface area contributed by atoms with Crippen LogP contribution in [-0.4, -0.2) is 42.6 Å². The summed E-state index contributed by atoms with van der Waals surface area (Å²) in [4.78, 5) is 2.50. The third-order valence-electron chi connectivity index (χ3n) is 3.40. The Kier molecular flexibility index (Phi) is 5.55. The van der Waals surface area contributed by atoms with Crippen LogP contribution in [0.1, 0.15) is 18.1 Å². The molecule has 4 heteroatoms. The van der Waals surface area contributed by atoms with Crippen molar-refractivity contribution in [1.29, 1.82) is 0 Å². The van der Waals surface area contributed by atoms with Crippen molar-refractivity contribution in [3.63, 3.8) is 0 Å². The fraction of sp³-hybridized carbons (Fsp3) is 0.600. The lowest BCUT2D eigenvalue weighted by atomic mass is 10.0. The number of hydrogen-bond acceptors (Lipinski definition) is 4. The predicted octanol–water partition coefficient (Wildman–Crippen LogP) is 2.13. The summed E-state index contributed by atoms with van der Waals surface area (Å²) >= 11 is 2.04. The van der Waals surface area contributed by atoms with Gasteiger partial charge in [0.2, 0.25) is 0 Å². The molecular weight excluding hydrogens is 256 g/mol. The monoisotopic (exact) mass is 280 g/mol. The zero-order valence-corrected chi connectivity index (χ0v) is 12.7. The SMILES string of the molecule is COc1ccc(CC(C)N)cc1CN1CCSCC1. The molecule has 1 aliphatic heterocycles. The lowest BCUT2D eigenvalue weighted by Crippen LogP contribution is -2.32. The van der Waals surface area contributed by atoms with Gasteiger partial charge in [-0.25, -0.2) is 0 Å². The Morgan fingerprint density at radius 1 is 1.37 bits per heavy atom. The molecule has 19 heavy (non-hydrogen) atoms. The molecular formula is C15H24N2OS. The van der Waals surface area contributed by atoms with Crippen molar-refractivity contribution in [2.75, 3.05) is 31.7 Å². The average molecular weight is 280 g/mol. The Labute approximate surface area is 120 Å². The molecule has 2 rings (SSSR count). The van der Waals surface area contributed by atoms with Gasteiger partial charge in [0.1, 0.15) is 5.75 Å². The lowest BCUT2D eigenvalue weighted by Gasteiger charge is -2.27. The van der Waals surface area contributed by atoms with Gasteiger partial charge in [-0.1, -0.05) is 12.1 Å². The third-order valence-corrected chi connectivity index (χ3v) is 4.34. The number of ether oxygens (including phenoxy) is 1. The number of thioether (sulfide) groups is 1. The molecule has 2 N–H and O–H groups in total. The summed E-state index contributed by atoms with van der Waals surface area (Å²) in [7, 11) is 1.75. The predicted molar refractivity (Wildman–Crippen MR) is 82.9 cm³/mol. The Balaban J connectivity index is 2.10. The minimum Gasteiger partial charge on any atom is -0.496 e. The molecule has 3 nitrogen and oxygen atoms in total. The van der Waals surface area contributed by atoms with E-state index in [1.807, 2.05) is 18.7 Å². The van der Waals surface area contributed by atoms with E-state index in [2.05, 4.69) is 23.1 Å². The normalized spacial score (nSPS) is 18.3. The van der Waals surface area contributed by atoms with Crippen molar-refractivity contribution >= 4 is 11.8 Å². The molecule has 1 unspecified atom stereocenters. The van der Waals surface area contributed by atoms with Crippen LogP contribution in [0.4, 0.5) is 0 Å². The highest BCUT2D eigenvalue weighted by atomic mass is 32.2. The molecule has 0 amide bonds. The van der Waals surface area contributed by atoms with Crippen LogP contribution in [0.2, 0.25) is 0 Å². The van der Waals surface area contributed by atoms with Crippen molar-refractivity contribution in [1.82, 2.24) is 4.90 Å². The van der Waals surface area contributed by atoms with E-state index < -0.39 is 0 Å². The fourth-order valence-corrected chi connectivity index (χ4v) is 3.43. The van der Waals surface area contributed by atoms with Crippen LogP contribution < -0.4 is 10.5 Å². The van der Waals surface area contributed by atoms with Gasteiger partial charge in [-0.05, 0) is 25.0 Å². The smallest absolute Gasteiger partial charge is 0.123 e. The van der Waals surface area contributed by atoms with Gasteiger partial charge in [-0.15, -0.1) is 0 Å². The molecule has 0 radical (unpaired) electrons. The first-order chi connectivity index (χ1) is 9.19. The van der Waals surface area contributed by atoms with Crippen LogP contribution in [0.5, 0.6) is 5.75 Å². The molecule has 0 saturated carbocycles. The number of rotatable bonds is 5. The first-order valence-electron chi connectivity index (χ1n) is 6.90. The van der Waals surface area contributed by atoms with E-state index in [4.69, 9.17) is 10.5 Å². The summed E-state index contributed by atoms with van der Waals surface area (Å²) in [5.41, 5.74) is 8.47. The lowest BCUT2D eigenvalue weighted by molar-refractivity contribution is 0.288. The van der Waals surface area contributed by atoms with Crippen LogP contribution in [0.25, 0.3) is 0 Å². The number of benzene rings is 1. The second-order valence-corrected chi connectivity index (χ2v) is 6.44. The van der Waals surface area contributed by atoms with E-state index in [0.29, 0.717) is 0 Å². The summed E-state index contributed by atoms with van der Waals surface area (Å²) in [5, 5.41) is 0. The molecule has 1 fully saturated rings. The van der Waals surface area contributed by atoms with Gasteiger partial charge in [0, 0.05) is 42.7 Å². The van der Waals surface area contributed by atoms with Gasteiger partial charge in [-0.2, -0.15) is 11.8 Å². The standard InChI is InChI=1S/C15H24N2OS/c1-12(16)9-13-3-4-15(18-2)14(10-13)11-17-5-7-19-8-6-17/h3-4,10,12H,5-9,11,16H2,1-2H3. The zero-order valence-electron chi connectivity index (χ0n) is 11.9. The fourth-order valence-electron chi connectivity index (χ4n) is 2.45. The number of nitrogens with zero attached hydrogens (tertiary/aromatic N) is 1. The number of nitrogens with two attached hydrogens (primary N) is 1. The maximum absolute atomic E-state index is 5.88. The Bertz CT molecular complexity index is 403. The molecule has 0 bridgehead atoms. The second-order valence-electron chi connectivity index (χ2n) is 5.22. The Morgan fingerprint density at radius 3 is 2.74 bits per heavy atom. The quantitative estimate of drug-likeness (QED) is 0.897. The molecule has 1 aromatic carbocycles. The van der Waals surface area contributed by atoms with E-state index in [1.165, 1.54) is 35.7 Å². The molecule has 1 aliphatic rings. The van der Waals surface area contributed by atoms with E-state index in [9.17, 15) is 0 Å². The molecule has 1 atom stereocenters. The molecule has 1 aromatic rings. The van der Waals surface area contributed by atoms with Crippen LogP contribution >= 0.6 is 11.8 Å². The van der Waals surface area contributed by atoms with Gasteiger partial charge < -0.3 is 10.5 Å². The molecule has 1 saturated heterocycles. The average Bonchev–Trinajstić information content (AvgIpc) is 2.39. The van der Waals surface area contributed by atoms with Crippen molar-refractivity contribution in [3.05, 3.63) is 29.3 Å². The van der Waals surface area contributed by atoms with Gasteiger partial charge in [0.15, 0.2) is 0 Å². The maximum atomic E-state index is 5.88. The minimum absolute atomic E-state index is 0.202. The van der Waals surface area contributed by atoms with Crippen molar-refractivity contribution < 1.29 is 4.74 Å². The molecule has 106 valence electrons. The summed E-state index contributed by atoms with van der Waals surface area (Å²) in [6.45, 7) is 5.37. The van der Waals surface area contributed by atoms with Crippen LogP contribution in [0.15, 0.2) is 18.2 Å². The number of methoxy groups -OCH3 is 1. The van der Waals surface area contributed by atoms with E-state index in [0.717, 1.165) is 18.7 Å². The van der Waals surface area contributed by atoms with E-state index in [1.54, 1.807) is 7.11 Å². The van der Waals surface area contributed by atoms with Crippen LogP contribution in [0, 0.1) is 0 Å². The molecule has 0 aromatic heterocycles. The summed E-state index contributed by atoms with van der Waals surface area (Å²) in [5.74, 6) is 3.47. The second kappa shape index (κ2) is 7.17. The summed E-state index contributed by atoms with van der Waals surface area (Å²) in [6, 6.07) is 6.65. The van der Waals surface area contributed by atoms with E-state index in [-0.39, 0.29) is 6.04 Å². The van der Waals surface area contributed by atoms with Crippen molar-refractivity contribution in [3.8, 4) is 5.75 Å². The first kappa shape index (κ1) is 14.7. The Hall–Kier alpha value is -0.710. The number of hydrogen-bond donors (Lipinski definition) is 1. The molecule has 1 heterocycles. The first-order valence-corrected chi connectivity index (χ1v) is 8.06. The molecule has 0 aliphatic carbocycles. The van der Waals surface area contributed by atoms with Gasteiger partial charge >= 0.3 is 0 Å². The third kappa shape index (κ3) is 4.41. The highest BCUT2D eigenvalue weighted by molar-refractivity contribution is 7.99. The minimum atomic E-state index is 0.202. The van der Waals surface area contributed by atoms with E-state index >= 15 is 0 Å². The highest BCUT2D eigenvalue weighted by Gasteiger charge is 2.14. The topological polar surface area (TPSA) is 38.5 Å².